The molecule has 2 fully saturated rings. The smallest absolute Gasteiger partial charge is 0.323 e. The van der Waals surface area contributed by atoms with Crippen LogP contribution in [0.2, 0.25) is 0 Å². The van der Waals surface area contributed by atoms with Gasteiger partial charge in [-0.25, -0.2) is 0 Å². The Balaban J connectivity index is 1.59. The van der Waals surface area contributed by atoms with Crippen molar-refractivity contribution in [1.29, 1.82) is 0 Å². The lowest BCUT2D eigenvalue weighted by Gasteiger charge is -2.38. The third-order valence-electron chi connectivity index (χ3n) is 6.64. The molecular weight excluding hydrogens is 354 g/mol. The van der Waals surface area contributed by atoms with Gasteiger partial charge in [-0.05, 0) is 50.0 Å². The summed E-state index contributed by atoms with van der Waals surface area (Å²) in [7, 11) is 0. The quantitative estimate of drug-likeness (QED) is 0.520. The third-order valence-corrected chi connectivity index (χ3v) is 6.64. The third kappa shape index (κ3) is 4.31. The van der Waals surface area contributed by atoms with Gasteiger partial charge in [0.1, 0.15) is 6.04 Å². The lowest BCUT2D eigenvalue weighted by atomic mass is 9.83. The number of aliphatic hydroxyl groups is 1. The van der Waals surface area contributed by atoms with E-state index >= 15 is 0 Å². The Morgan fingerprint density at radius 3 is 2.64 bits per heavy atom. The van der Waals surface area contributed by atoms with E-state index in [4.69, 9.17) is 4.74 Å². The molecule has 0 radical (unpaired) electrons. The maximum atomic E-state index is 12.8. The highest BCUT2D eigenvalue weighted by atomic mass is 16.5. The summed E-state index contributed by atoms with van der Waals surface area (Å²) in [6, 6.07) is 9.73. The number of hydrogen-bond acceptors (Lipinski definition) is 5. The summed E-state index contributed by atoms with van der Waals surface area (Å²) < 4.78 is 5.57. The van der Waals surface area contributed by atoms with Gasteiger partial charge in [0.05, 0.1) is 6.61 Å². The van der Waals surface area contributed by atoms with E-state index in [1.54, 1.807) is 4.90 Å². The Kier molecular flexibility index (Phi) is 6.56. The summed E-state index contributed by atoms with van der Waals surface area (Å²) in [6.45, 7) is 6.01. The van der Waals surface area contributed by atoms with Gasteiger partial charge in [0.2, 0.25) is 0 Å². The van der Waals surface area contributed by atoms with E-state index in [1.807, 2.05) is 39.0 Å². The van der Waals surface area contributed by atoms with Crippen molar-refractivity contribution in [3.05, 3.63) is 35.9 Å². The molecule has 1 N–H and O–H groups in total. The van der Waals surface area contributed by atoms with E-state index in [9.17, 15) is 14.7 Å². The summed E-state index contributed by atoms with van der Waals surface area (Å²) in [5, 5.41) is 10.8. The van der Waals surface area contributed by atoms with E-state index in [-0.39, 0.29) is 23.7 Å². The molecule has 1 aliphatic heterocycles. The normalized spacial score (nSPS) is 25.6. The van der Waals surface area contributed by atoms with Crippen molar-refractivity contribution >= 4 is 11.8 Å². The van der Waals surface area contributed by atoms with Gasteiger partial charge in [-0.1, -0.05) is 51.1 Å². The first-order valence-electron chi connectivity index (χ1n) is 10.6. The number of Topliss-reactive ketones (excluding diaryl/α,β-unsaturated/α-hetero) is 1. The van der Waals surface area contributed by atoms with E-state index in [2.05, 4.69) is 12.1 Å². The lowest BCUT2D eigenvalue weighted by molar-refractivity contribution is -0.165. The number of carbonyl (C=O) groups excluding carboxylic acids is 2. The second kappa shape index (κ2) is 8.75. The first-order valence-corrected chi connectivity index (χ1v) is 10.6. The first-order chi connectivity index (χ1) is 13.3. The summed E-state index contributed by atoms with van der Waals surface area (Å²) in [5.74, 6) is -0.315. The minimum atomic E-state index is -1.23. The standard InChI is InChI=1S/C23H33NO4/c1-4-23(2,3)20(25)21(26)24-18-13-12-17(15-18)19(24)22(27)28-14-8-11-16-9-6-5-7-10-16/h5-7,9-10,17-19,21,26H,4,8,11-15H2,1-3H3/t17-,18+,19+,21?/m1/s1. The molecule has 1 unspecified atom stereocenters. The Labute approximate surface area is 168 Å². The Bertz CT molecular complexity index is 687. The number of nitrogens with zero attached hydrogens (tertiary/aromatic N) is 1. The number of piperidine rings is 1. The summed E-state index contributed by atoms with van der Waals surface area (Å²) in [6.07, 6.45) is 3.80. The number of likely N-dealkylation sites (tertiary alicyclic amines) is 1. The molecule has 2 aliphatic rings. The molecule has 4 atom stereocenters. The Morgan fingerprint density at radius 2 is 1.96 bits per heavy atom. The van der Waals surface area contributed by atoms with Crippen LogP contribution in [-0.2, 0) is 20.7 Å². The molecule has 1 heterocycles. The molecule has 1 saturated heterocycles. The van der Waals surface area contributed by atoms with Crippen molar-refractivity contribution < 1.29 is 19.4 Å². The maximum absolute atomic E-state index is 12.8. The molecule has 5 nitrogen and oxygen atoms in total. The van der Waals surface area contributed by atoms with Crippen molar-refractivity contribution in [2.45, 2.75) is 77.6 Å². The number of ketones is 1. The number of aryl methyl sites for hydroxylation is 1. The predicted octanol–water partition coefficient (Wildman–Crippen LogP) is 3.34. The molecule has 2 bridgehead atoms. The molecular formula is C23H33NO4. The molecule has 28 heavy (non-hydrogen) atoms. The zero-order chi connectivity index (χ0) is 20.3. The van der Waals surface area contributed by atoms with Gasteiger partial charge in [0.25, 0.3) is 0 Å². The number of aliphatic hydroxyl groups excluding tert-OH is 1. The Morgan fingerprint density at radius 1 is 1.25 bits per heavy atom. The van der Waals surface area contributed by atoms with Gasteiger partial charge < -0.3 is 9.84 Å². The second-order valence-corrected chi connectivity index (χ2v) is 8.85. The summed E-state index contributed by atoms with van der Waals surface area (Å²) in [4.78, 5) is 27.4. The molecule has 0 amide bonds. The first kappa shape index (κ1) is 21.0. The molecule has 1 saturated carbocycles. The van der Waals surface area contributed by atoms with Crippen LogP contribution < -0.4 is 0 Å². The average molecular weight is 388 g/mol. The van der Waals surface area contributed by atoms with Crippen molar-refractivity contribution in [3.8, 4) is 0 Å². The SMILES string of the molecule is CCC(C)(C)C(=O)C(O)N1[C@H]2CC[C@H](C2)[C@H]1C(=O)OCCCc1ccccc1. The van der Waals surface area contributed by atoms with Crippen molar-refractivity contribution in [3.63, 3.8) is 0 Å². The summed E-state index contributed by atoms with van der Waals surface area (Å²) >= 11 is 0. The monoisotopic (exact) mass is 387 g/mol. The van der Waals surface area contributed by atoms with E-state index in [0.717, 1.165) is 32.1 Å². The van der Waals surface area contributed by atoms with Crippen LogP contribution in [-0.4, -0.2) is 46.7 Å². The highest BCUT2D eigenvalue weighted by molar-refractivity contribution is 5.88. The average Bonchev–Trinajstić information content (AvgIpc) is 3.32. The van der Waals surface area contributed by atoms with Crippen LogP contribution >= 0.6 is 0 Å². The number of rotatable bonds is 9. The van der Waals surface area contributed by atoms with Gasteiger partial charge in [0, 0.05) is 11.5 Å². The number of esters is 1. The summed E-state index contributed by atoms with van der Waals surface area (Å²) in [5.41, 5.74) is 0.619. The van der Waals surface area contributed by atoms with E-state index in [1.165, 1.54) is 5.56 Å². The van der Waals surface area contributed by atoms with Crippen LogP contribution in [0.3, 0.4) is 0 Å². The number of ether oxygens (including phenoxy) is 1. The largest absolute Gasteiger partial charge is 0.465 e. The molecule has 1 aromatic rings. The van der Waals surface area contributed by atoms with Gasteiger partial charge in [-0.2, -0.15) is 0 Å². The van der Waals surface area contributed by atoms with Crippen LogP contribution in [0.1, 0.15) is 58.4 Å². The molecule has 1 aromatic carbocycles. The zero-order valence-corrected chi connectivity index (χ0v) is 17.3. The molecule has 0 aromatic heterocycles. The number of benzene rings is 1. The van der Waals surface area contributed by atoms with Crippen LogP contribution in [0.25, 0.3) is 0 Å². The highest BCUT2D eigenvalue weighted by Crippen LogP contribution is 2.44. The minimum Gasteiger partial charge on any atom is -0.465 e. The fourth-order valence-corrected chi connectivity index (χ4v) is 4.52. The molecule has 3 rings (SSSR count). The lowest BCUT2D eigenvalue weighted by Crippen LogP contribution is -2.56. The van der Waals surface area contributed by atoms with Crippen LogP contribution in [0, 0.1) is 11.3 Å². The molecule has 0 spiro atoms. The molecule has 1 aliphatic carbocycles. The van der Waals surface area contributed by atoms with Gasteiger partial charge in [-0.15, -0.1) is 0 Å². The van der Waals surface area contributed by atoms with E-state index < -0.39 is 17.7 Å². The minimum absolute atomic E-state index is 0.0958. The fraction of sp³-hybridized carbons (Fsp3) is 0.652. The van der Waals surface area contributed by atoms with Crippen molar-refractivity contribution in [1.82, 2.24) is 4.90 Å². The molecule has 5 heteroatoms. The van der Waals surface area contributed by atoms with Gasteiger partial charge in [-0.3, -0.25) is 14.5 Å². The van der Waals surface area contributed by atoms with Crippen LogP contribution in [0.15, 0.2) is 30.3 Å². The number of fused-ring (bicyclic) bond motifs is 2. The van der Waals surface area contributed by atoms with Gasteiger partial charge in [0.15, 0.2) is 12.0 Å². The Hall–Kier alpha value is -1.72. The van der Waals surface area contributed by atoms with Crippen molar-refractivity contribution in [2.75, 3.05) is 6.61 Å². The topological polar surface area (TPSA) is 66.8 Å². The fourth-order valence-electron chi connectivity index (χ4n) is 4.52. The van der Waals surface area contributed by atoms with E-state index in [0.29, 0.717) is 13.0 Å². The van der Waals surface area contributed by atoms with Gasteiger partial charge >= 0.3 is 5.97 Å². The zero-order valence-electron chi connectivity index (χ0n) is 17.3. The number of hydrogen-bond donors (Lipinski definition) is 1. The van der Waals surface area contributed by atoms with Crippen LogP contribution in [0.4, 0.5) is 0 Å². The number of carbonyl (C=O) groups is 2. The van der Waals surface area contributed by atoms with Crippen molar-refractivity contribution in [2.24, 2.45) is 11.3 Å². The van der Waals surface area contributed by atoms with Crippen LogP contribution in [0.5, 0.6) is 0 Å². The maximum Gasteiger partial charge on any atom is 0.323 e. The molecule has 154 valence electrons. The highest BCUT2D eigenvalue weighted by Gasteiger charge is 2.54. The second-order valence-electron chi connectivity index (χ2n) is 8.85. The predicted molar refractivity (Wildman–Crippen MR) is 108 cm³/mol.